The van der Waals surface area contributed by atoms with E-state index in [-0.39, 0.29) is 24.1 Å². The molecule has 12 heteroatoms. The van der Waals surface area contributed by atoms with E-state index in [1.807, 2.05) is 0 Å². The van der Waals surface area contributed by atoms with Gasteiger partial charge in [0.25, 0.3) is 5.69 Å². The summed E-state index contributed by atoms with van der Waals surface area (Å²) in [4.78, 5) is 24.6. The van der Waals surface area contributed by atoms with Crippen LogP contribution in [0.2, 0.25) is 0 Å². The number of hydrogen-bond donors (Lipinski definition) is 1. The average Bonchev–Trinajstić information content (AvgIpc) is 3.03. The second kappa shape index (κ2) is 8.28. The number of rotatable bonds is 5. The second-order valence-electron chi connectivity index (χ2n) is 7.16. The van der Waals surface area contributed by atoms with Gasteiger partial charge in [-0.05, 0) is 31.9 Å². The Kier molecular flexibility index (Phi) is 5.94. The van der Waals surface area contributed by atoms with Crippen molar-refractivity contribution in [2.24, 2.45) is 13.0 Å². The van der Waals surface area contributed by atoms with Crippen molar-refractivity contribution in [1.29, 1.82) is 0 Å². The zero-order chi connectivity index (χ0) is 22.1. The standard InChI is InChI=1S/C18H21F3N6O3/c1-11-23-24-16(25(11)2)10-22-17(28)12-5-7-26(8-6-12)14-4-3-13(18(19,20)21)9-15(14)27(29)30/h3-4,9,12H,5-8,10H2,1-2H3,(H,22,28). The summed E-state index contributed by atoms with van der Waals surface area (Å²) < 4.78 is 40.4. The van der Waals surface area contributed by atoms with E-state index in [1.54, 1.807) is 23.4 Å². The molecule has 0 saturated carbocycles. The summed E-state index contributed by atoms with van der Waals surface area (Å²) in [6.07, 6.45) is -3.79. The van der Waals surface area contributed by atoms with Gasteiger partial charge in [-0.15, -0.1) is 10.2 Å². The molecule has 1 saturated heterocycles. The summed E-state index contributed by atoms with van der Waals surface area (Å²) in [7, 11) is 1.80. The van der Waals surface area contributed by atoms with Crippen molar-refractivity contribution >= 4 is 17.3 Å². The number of hydrogen-bond acceptors (Lipinski definition) is 6. The molecular weight excluding hydrogens is 405 g/mol. The van der Waals surface area contributed by atoms with Gasteiger partial charge < -0.3 is 14.8 Å². The van der Waals surface area contributed by atoms with Gasteiger partial charge in [-0.2, -0.15) is 13.2 Å². The number of aromatic nitrogens is 3. The van der Waals surface area contributed by atoms with Crippen molar-refractivity contribution in [2.75, 3.05) is 18.0 Å². The summed E-state index contributed by atoms with van der Waals surface area (Å²) in [5, 5.41) is 22.0. The first-order valence-electron chi connectivity index (χ1n) is 9.31. The van der Waals surface area contributed by atoms with Crippen molar-refractivity contribution in [3.63, 3.8) is 0 Å². The molecule has 0 bridgehead atoms. The summed E-state index contributed by atoms with van der Waals surface area (Å²) in [5.74, 6) is 0.908. The molecule has 1 N–H and O–H groups in total. The fourth-order valence-corrected chi connectivity index (χ4v) is 3.41. The highest BCUT2D eigenvalue weighted by Crippen LogP contribution is 2.37. The Morgan fingerprint density at radius 3 is 2.50 bits per heavy atom. The van der Waals surface area contributed by atoms with Crippen LogP contribution in [0.25, 0.3) is 0 Å². The summed E-state index contributed by atoms with van der Waals surface area (Å²) in [5.41, 5.74) is -1.53. The van der Waals surface area contributed by atoms with E-state index in [4.69, 9.17) is 0 Å². The Hall–Kier alpha value is -3.18. The normalized spacial score (nSPS) is 15.3. The second-order valence-corrected chi connectivity index (χ2v) is 7.16. The summed E-state index contributed by atoms with van der Waals surface area (Å²) in [6, 6.07) is 2.51. The average molecular weight is 426 g/mol. The highest BCUT2D eigenvalue weighted by Gasteiger charge is 2.35. The molecule has 0 atom stereocenters. The maximum Gasteiger partial charge on any atom is 0.416 e. The highest BCUT2D eigenvalue weighted by molar-refractivity contribution is 5.79. The Balaban J connectivity index is 1.63. The first kappa shape index (κ1) is 21.5. The molecule has 0 unspecified atom stereocenters. The molecule has 162 valence electrons. The number of halogens is 3. The number of carbonyl (C=O) groups is 1. The van der Waals surface area contributed by atoms with Gasteiger partial charge in [-0.1, -0.05) is 0 Å². The lowest BCUT2D eigenvalue weighted by molar-refractivity contribution is -0.384. The summed E-state index contributed by atoms with van der Waals surface area (Å²) in [6.45, 7) is 2.69. The Labute approximate surface area is 170 Å². The first-order valence-corrected chi connectivity index (χ1v) is 9.31. The number of nitrogens with zero attached hydrogens (tertiary/aromatic N) is 5. The fourth-order valence-electron chi connectivity index (χ4n) is 3.41. The smallest absolute Gasteiger partial charge is 0.366 e. The minimum Gasteiger partial charge on any atom is -0.366 e. The number of nitro groups is 1. The summed E-state index contributed by atoms with van der Waals surface area (Å²) >= 11 is 0. The Morgan fingerprint density at radius 1 is 1.30 bits per heavy atom. The van der Waals surface area contributed by atoms with Crippen LogP contribution in [0.5, 0.6) is 0 Å². The van der Waals surface area contributed by atoms with E-state index in [0.29, 0.717) is 37.8 Å². The van der Waals surface area contributed by atoms with Crippen LogP contribution in [0.15, 0.2) is 18.2 Å². The van der Waals surface area contributed by atoms with Gasteiger partial charge in [0, 0.05) is 32.1 Å². The van der Waals surface area contributed by atoms with Gasteiger partial charge >= 0.3 is 6.18 Å². The number of aryl methyl sites for hydroxylation is 1. The molecule has 2 heterocycles. The predicted octanol–water partition coefficient (Wildman–Crippen LogP) is 2.58. The van der Waals surface area contributed by atoms with Gasteiger partial charge in [0.1, 0.15) is 11.5 Å². The Bertz CT molecular complexity index is 951. The quantitative estimate of drug-likeness (QED) is 0.582. The molecule has 1 aromatic heterocycles. The van der Waals surface area contributed by atoms with Crippen LogP contribution in [-0.4, -0.2) is 38.7 Å². The van der Waals surface area contributed by atoms with Gasteiger partial charge in [-0.25, -0.2) is 0 Å². The first-order chi connectivity index (χ1) is 14.1. The van der Waals surface area contributed by atoms with Crippen molar-refractivity contribution in [1.82, 2.24) is 20.1 Å². The fraction of sp³-hybridized carbons (Fsp3) is 0.500. The molecule has 1 amide bonds. The number of nitro benzene ring substituents is 1. The number of nitrogens with one attached hydrogen (secondary N) is 1. The van der Waals surface area contributed by atoms with Crippen LogP contribution in [0.3, 0.4) is 0 Å². The number of benzene rings is 1. The molecule has 0 radical (unpaired) electrons. The number of piperidine rings is 1. The lowest BCUT2D eigenvalue weighted by Crippen LogP contribution is -2.40. The van der Waals surface area contributed by atoms with Gasteiger partial charge in [0.2, 0.25) is 5.91 Å². The third-order valence-electron chi connectivity index (χ3n) is 5.31. The van der Waals surface area contributed by atoms with Crippen LogP contribution in [0.4, 0.5) is 24.5 Å². The topological polar surface area (TPSA) is 106 Å². The maximum atomic E-state index is 12.9. The van der Waals surface area contributed by atoms with Crippen LogP contribution < -0.4 is 10.2 Å². The molecule has 1 aliphatic rings. The van der Waals surface area contributed by atoms with Crippen molar-refractivity contribution in [3.8, 4) is 0 Å². The molecule has 2 aromatic rings. The molecule has 0 aliphatic carbocycles. The lowest BCUT2D eigenvalue weighted by Gasteiger charge is -2.32. The largest absolute Gasteiger partial charge is 0.416 e. The molecule has 1 aromatic carbocycles. The molecule has 3 rings (SSSR count). The monoisotopic (exact) mass is 426 g/mol. The van der Waals surface area contributed by atoms with Crippen LogP contribution >= 0.6 is 0 Å². The van der Waals surface area contributed by atoms with E-state index in [0.717, 1.165) is 18.0 Å². The van der Waals surface area contributed by atoms with Crippen molar-refractivity contribution in [3.05, 3.63) is 45.5 Å². The number of anilines is 1. The molecule has 30 heavy (non-hydrogen) atoms. The minimum atomic E-state index is -4.66. The minimum absolute atomic E-state index is 0.126. The molecular formula is C18H21F3N6O3. The van der Waals surface area contributed by atoms with Crippen LogP contribution in [0, 0.1) is 23.0 Å². The third kappa shape index (κ3) is 4.52. The van der Waals surface area contributed by atoms with E-state index < -0.39 is 22.4 Å². The third-order valence-corrected chi connectivity index (χ3v) is 5.31. The number of alkyl halides is 3. The van der Waals surface area contributed by atoms with Gasteiger partial charge in [-0.3, -0.25) is 14.9 Å². The molecule has 0 spiro atoms. The number of amides is 1. The molecule has 9 nitrogen and oxygen atoms in total. The van der Waals surface area contributed by atoms with Crippen LogP contribution in [-0.2, 0) is 24.6 Å². The molecule has 1 fully saturated rings. The lowest BCUT2D eigenvalue weighted by atomic mass is 9.95. The van der Waals surface area contributed by atoms with Crippen molar-refractivity contribution in [2.45, 2.75) is 32.5 Å². The zero-order valence-corrected chi connectivity index (χ0v) is 16.4. The Morgan fingerprint density at radius 2 is 1.97 bits per heavy atom. The van der Waals surface area contributed by atoms with E-state index in [2.05, 4.69) is 15.5 Å². The van der Waals surface area contributed by atoms with Crippen molar-refractivity contribution < 1.29 is 22.9 Å². The van der Waals surface area contributed by atoms with Gasteiger partial charge in [0.05, 0.1) is 17.0 Å². The van der Waals surface area contributed by atoms with E-state index in [9.17, 15) is 28.1 Å². The SMILES string of the molecule is Cc1nnc(CNC(=O)C2CCN(c3ccc(C(F)(F)F)cc3[N+](=O)[O-])CC2)n1C. The maximum absolute atomic E-state index is 12.9. The predicted molar refractivity (Wildman–Crippen MR) is 101 cm³/mol. The molecule has 1 aliphatic heterocycles. The van der Waals surface area contributed by atoms with Crippen LogP contribution in [0.1, 0.15) is 30.1 Å². The van der Waals surface area contributed by atoms with E-state index >= 15 is 0 Å². The highest BCUT2D eigenvalue weighted by atomic mass is 19.4. The zero-order valence-electron chi connectivity index (χ0n) is 16.4. The van der Waals surface area contributed by atoms with E-state index in [1.165, 1.54) is 0 Å². The number of carbonyl (C=O) groups excluding carboxylic acids is 1. The van der Waals surface area contributed by atoms with Gasteiger partial charge in [0.15, 0.2) is 5.82 Å².